The van der Waals surface area contributed by atoms with Crippen LogP contribution >= 0.6 is 11.6 Å². The Morgan fingerprint density at radius 3 is 2.72 bits per heavy atom. The van der Waals surface area contributed by atoms with E-state index in [1.54, 1.807) is 17.1 Å². The van der Waals surface area contributed by atoms with Crippen LogP contribution in [-0.4, -0.2) is 67.1 Å². The summed E-state index contributed by atoms with van der Waals surface area (Å²) in [6.45, 7) is 15.1. The van der Waals surface area contributed by atoms with Crippen LogP contribution in [0.2, 0.25) is 5.02 Å². The van der Waals surface area contributed by atoms with Gasteiger partial charge in [0.25, 0.3) is 0 Å². The molecule has 0 radical (unpaired) electrons. The van der Waals surface area contributed by atoms with Gasteiger partial charge in [-0.15, -0.1) is 0 Å². The maximum Gasteiger partial charge on any atom is 0.301 e. The molecule has 1 aromatic carbocycles. The van der Waals surface area contributed by atoms with Crippen LogP contribution in [0.5, 0.6) is 5.75 Å². The van der Waals surface area contributed by atoms with Gasteiger partial charge in [-0.05, 0) is 62.1 Å². The molecule has 7 rings (SSSR count). The predicted octanol–water partition coefficient (Wildman–Crippen LogP) is 6.09. The second kappa shape index (κ2) is 11.3. The molecule has 1 fully saturated rings. The highest BCUT2D eigenvalue weighted by atomic mass is 35.5. The fourth-order valence-electron chi connectivity index (χ4n) is 7.02. The third-order valence-electron chi connectivity index (χ3n) is 9.28. The van der Waals surface area contributed by atoms with Crippen molar-refractivity contribution in [2.24, 2.45) is 0 Å². The Kier molecular flexibility index (Phi) is 7.35. The first-order chi connectivity index (χ1) is 22.1. The van der Waals surface area contributed by atoms with Gasteiger partial charge in [0.2, 0.25) is 11.7 Å². The average Bonchev–Trinajstić information content (AvgIpc) is 3.43. The largest absolute Gasteiger partial charge is 0.486 e. The molecular formula is C35H36ClN7O3. The number of amides is 1. The molecule has 236 valence electrons. The van der Waals surface area contributed by atoms with Gasteiger partial charge in [0.05, 0.1) is 57.8 Å². The van der Waals surface area contributed by atoms with E-state index in [1.807, 2.05) is 49.9 Å². The SMILES string of the molecule is C=CC(=O)N1CC2CCOc3c(c4cc(Cl)c(-c5c(C)ccc6[nH]cnc56)nc4n(-c4c(C)ccnc4C(C)C)c3=O)N2CC1C. The molecule has 2 aliphatic rings. The molecule has 0 aliphatic carbocycles. The zero-order valence-electron chi connectivity index (χ0n) is 26.6. The van der Waals surface area contributed by atoms with Gasteiger partial charge in [-0.1, -0.05) is 38.1 Å². The number of aryl methyl sites for hydroxylation is 2. The number of carbonyl (C=O) groups is 1. The highest BCUT2D eigenvalue weighted by Gasteiger charge is 2.39. The maximum absolute atomic E-state index is 14.9. The maximum atomic E-state index is 14.9. The van der Waals surface area contributed by atoms with Crippen molar-refractivity contribution in [3.63, 3.8) is 0 Å². The Labute approximate surface area is 271 Å². The normalized spacial score (nSPS) is 18.0. The van der Waals surface area contributed by atoms with E-state index >= 15 is 0 Å². The number of hydrogen-bond donors (Lipinski definition) is 1. The second-order valence-electron chi connectivity index (χ2n) is 12.6. The molecule has 4 aromatic heterocycles. The third kappa shape index (κ3) is 4.57. The monoisotopic (exact) mass is 637 g/mol. The Morgan fingerprint density at radius 1 is 1.15 bits per heavy atom. The molecule has 0 spiro atoms. The van der Waals surface area contributed by atoms with Crippen LogP contribution in [-0.2, 0) is 4.79 Å². The zero-order valence-corrected chi connectivity index (χ0v) is 27.4. The van der Waals surface area contributed by atoms with Crippen LogP contribution in [0.3, 0.4) is 0 Å². The van der Waals surface area contributed by atoms with Gasteiger partial charge < -0.3 is 19.5 Å². The minimum Gasteiger partial charge on any atom is -0.486 e. The lowest BCUT2D eigenvalue weighted by Gasteiger charge is -2.45. The molecule has 46 heavy (non-hydrogen) atoms. The zero-order chi connectivity index (χ0) is 32.4. The van der Waals surface area contributed by atoms with Crippen molar-refractivity contribution in [3.8, 4) is 22.7 Å². The summed E-state index contributed by atoms with van der Waals surface area (Å²) >= 11 is 7.18. The standard InChI is InChI=1S/C35H36ClN7O3/c1-7-26(44)41-16-22-11-13-46-33-32(42(22)15-21(41)6)23-14-24(36)29(27-19(4)8-9-25-30(27)39-17-38-25)40-34(23)43(35(33)45)31-20(5)10-12-37-28(31)18(2)3/h7-10,12,14,17-18,21-22H,1,11,13,15-16H2,2-6H3,(H,38,39). The van der Waals surface area contributed by atoms with E-state index in [0.717, 1.165) is 33.4 Å². The molecular weight excluding hydrogens is 602 g/mol. The summed E-state index contributed by atoms with van der Waals surface area (Å²) in [5.74, 6) is 0.173. The van der Waals surface area contributed by atoms with Crippen molar-refractivity contribution >= 4 is 45.3 Å². The lowest BCUT2D eigenvalue weighted by molar-refractivity contribution is -0.128. The van der Waals surface area contributed by atoms with Crippen molar-refractivity contribution in [1.82, 2.24) is 29.4 Å². The molecule has 0 bridgehead atoms. The van der Waals surface area contributed by atoms with Gasteiger partial charge in [-0.25, -0.2) is 9.97 Å². The Bertz CT molecular complexity index is 2120. The topological polar surface area (TPSA) is 109 Å². The number of halogens is 1. The number of anilines is 1. The Hall–Kier alpha value is -4.70. The number of nitrogens with one attached hydrogen (secondary N) is 1. The summed E-state index contributed by atoms with van der Waals surface area (Å²) in [4.78, 5) is 49.4. The lowest BCUT2D eigenvalue weighted by atomic mass is 10.00. The van der Waals surface area contributed by atoms with Crippen molar-refractivity contribution in [1.29, 1.82) is 0 Å². The number of hydrogen-bond acceptors (Lipinski definition) is 7. The first-order valence-corrected chi connectivity index (χ1v) is 16.0. The fraction of sp³-hybridized carbons (Fsp3) is 0.343. The number of carbonyl (C=O) groups excluding carboxylic acids is 1. The van der Waals surface area contributed by atoms with E-state index in [0.29, 0.717) is 59.2 Å². The number of benzene rings is 1. The third-order valence-corrected chi connectivity index (χ3v) is 9.57. The quantitative estimate of drug-likeness (QED) is 0.238. The summed E-state index contributed by atoms with van der Waals surface area (Å²) in [6.07, 6.45) is 5.42. The second-order valence-corrected chi connectivity index (χ2v) is 13.0. The molecule has 2 unspecified atom stereocenters. The molecule has 2 aliphatic heterocycles. The van der Waals surface area contributed by atoms with Gasteiger partial charge in [0.1, 0.15) is 0 Å². The van der Waals surface area contributed by atoms with Crippen LogP contribution in [0.25, 0.3) is 39.0 Å². The van der Waals surface area contributed by atoms with Crippen molar-refractivity contribution < 1.29 is 9.53 Å². The van der Waals surface area contributed by atoms with Crippen LogP contribution < -0.4 is 15.2 Å². The number of imidazole rings is 1. The van der Waals surface area contributed by atoms with E-state index in [1.165, 1.54) is 6.08 Å². The van der Waals surface area contributed by atoms with Crippen molar-refractivity contribution in [2.45, 2.75) is 59.0 Å². The van der Waals surface area contributed by atoms with Crippen LogP contribution in [0.15, 0.2) is 54.2 Å². The number of pyridine rings is 3. The number of aromatic nitrogens is 5. The Balaban J connectivity index is 1.59. The van der Waals surface area contributed by atoms with Gasteiger partial charge >= 0.3 is 5.56 Å². The minimum absolute atomic E-state index is 0.0316. The van der Waals surface area contributed by atoms with E-state index in [-0.39, 0.29) is 35.2 Å². The van der Waals surface area contributed by atoms with E-state index < -0.39 is 0 Å². The number of H-pyrrole nitrogens is 1. The van der Waals surface area contributed by atoms with Crippen LogP contribution in [0.1, 0.15) is 49.9 Å². The predicted molar refractivity (Wildman–Crippen MR) is 181 cm³/mol. The summed E-state index contributed by atoms with van der Waals surface area (Å²) in [6, 6.07) is 7.59. The van der Waals surface area contributed by atoms with Gasteiger partial charge in [-0.3, -0.25) is 19.1 Å². The fourth-order valence-corrected chi connectivity index (χ4v) is 7.26. The summed E-state index contributed by atoms with van der Waals surface area (Å²) < 4.78 is 8.02. The molecule has 1 amide bonds. The van der Waals surface area contributed by atoms with Gasteiger partial charge in [0, 0.05) is 42.7 Å². The summed E-state index contributed by atoms with van der Waals surface area (Å²) in [5.41, 5.74) is 7.05. The number of piperazine rings is 1. The van der Waals surface area contributed by atoms with E-state index in [2.05, 4.69) is 35.3 Å². The minimum atomic E-state index is -0.311. The van der Waals surface area contributed by atoms with Gasteiger partial charge in [-0.2, -0.15) is 0 Å². The molecule has 5 aromatic rings. The number of aromatic amines is 1. The molecule has 0 saturated carbocycles. The number of ether oxygens (including phenoxy) is 1. The van der Waals surface area contributed by atoms with Crippen molar-refractivity contribution in [2.75, 3.05) is 24.6 Å². The summed E-state index contributed by atoms with van der Waals surface area (Å²) in [7, 11) is 0. The van der Waals surface area contributed by atoms with E-state index in [9.17, 15) is 9.59 Å². The molecule has 11 heteroatoms. The molecule has 1 saturated heterocycles. The number of rotatable bonds is 4. The summed E-state index contributed by atoms with van der Waals surface area (Å²) in [5, 5.41) is 1.12. The molecule has 2 atom stereocenters. The molecule has 1 N–H and O–H groups in total. The Morgan fingerprint density at radius 2 is 1.96 bits per heavy atom. The highest BCUT2D eigenvalue weighted by Crippen LogP contribution is 2.43. The molecule has 6 heterocycles. The smallest absolute Gasteiger partial charge is 0.301 e. The number of fused-ring (bicyclic) bond motifs is 6. The lowest BCUT2D eigenvalue weighted by Crippen LogP contribution is -2.59. The van der Waals surface area contributed by atoms with E-state index in [4.69, 9.17) is 26.3 Å². The van der Waals surface area contributed by atoms with Gasteiger partial charge in [0.15, 0.2) is 5.65 Å². The van der Waals surface area contributed by atoms with Crippen LogP contribution in [0, 0.1) is 13.8 Å². The van der Waals surface area contributed by atoms with Crippen LogP contribution in [0.4, 0.5) is 5.69 Å². The highest BCUT2D eigenvalue weighted by molar-refractivity contribution is 6.34. The number of nitrogens with zero attached hydrogens (tertiary/aromatic N) is 6. The van der Waals surface area contributed by atoms with Crippen molar-refractivity contribution in [3.05, 3.63) is 81.6 Å². The average molecular weight is 638 g/mol. The first kappa shape index (κ1) is 30.0. The first-order valence-electron chi connectivity index (χ1n) is 15.6. The molecule has 10 nitrogen and oxygen atoms in total.